The lowest BCUT2D eigenvalue weighted by Gasteiger charge is -2.09. The molecule has 0 aromatic heterocycles. The van der Waals surface area contributed by atoms with Crippen LogP contribution in [0.3, 0.4) is 0 Å². The fourth-order valence-corrected chi connectivity index (χ4v) is 1.98. The lowest BCUT2D eigenvalue weighted by atomic mass is 10.0. The van der Waals surface area contributed by atoms with Crippen molar-refractivity contribution in [2.24, 2.45) is 0 Å². The van der Waals surface area contributed by atoms with E-state index in [0.717, 1.165) is 5.56 Å². The molecule has 0 aliphatic rings. The minimum absolute atomic E-state index is 0.203. The fourth-order valence-electron chi connectivity index (χ4n) is 1.98. The van der Waals surface area contributed by atoms with Crippen molar-refractivity contribution in [2.75, 3.05) is 0 Å². The molecule has 20 heavy (non-hydrogen) atoms. The maximum absolute atomic E-state index is 13.2. The summed E-state index contributed by atoms with van der Waals surface area (Å²) in [6.07, 6.45) is 2.12. The van der Waals surface area contributed by atoms with E-state index < -0.39 is 0 Å². The largest absolute Gasteiger partial charge is 0.348 e. The molecule has 2 aromatic carbocycles. The molecule has 102 valence electrons. The molecule has 0 unspecified atom stereocenters. The molecule has 0 spiro atoms. The number of carbonyl (C=O) groups excluding carboxylic acids is 1. The van der Waals surface area contributed by atoms with Gasteiger partial charge in [-0.3, -0.25) is 4.79 Å². The van der Waals surface area contributed by atoms with Crippen molar-refractivity contribution in [2.45, 2.75) is 13.0 Å². The molecule has 1 N–H and O–H groups in total. The summed E-state index contributed by atoms with van der Waals surface area (Å²) in [5.74, 6) is -0.549. The SMILES string of the molecule is C=CCc1cc(F)ccc1C(=O)NCc1ccccc1. The highest BCUT2D eigenvalue weighted by molar-refractivity contribution is 5.95. The van der Waals surface area contributed by atoms with Crippen molar-refractivity contribution in [3.05, 3.63) is 83.7 Å². The Hall–Kier alpha value is -2.42. The minimum Gasteiger partial charge on any atom is -0.348 e. The van der Waals surface area contributed by atoms with Crippen LogP contribution in [0.1, 0.15) is 21.5 Å². The van der Waals surface area contributed by atoms with E-state index in [4.69, 9.17) is 0 Å². The molecule has 0 saturated heterocycles. The van der Waals surface area contributed by atoms with E-state index in [0.29, 0.717) is 24.1 Å². The van der Waals surface area contributed by atoms with Crippen molar-refractivity contribution in [1.82, 2.24) is 5.32 Å². The Balaban J connectivity index is 2.11. The highest BCUT2D eigenvalue weighted by atomic mass is 19.1. The van der Waals surface area contributed by atoms with Crippen LogP contribution in [0.5, 0.6) is 0 Å². The summed E-state index contributed by atoms with van der Waals surface area (Å²) in [6, 6.07) is 13.8. The van der Waals surface area contributed by atoms with Gasteiger partial charge in [-0.1, -0.05) is 36.4 Å². The monoisotopic (exact) mass is 269 g/mol. The van der Waals surface area contributed by atoms with Crippen LogP contribution in [0.4, 0.5) is 4.39 Å². The molecule has 0 radical (unpaired) electrons. The second-order valence-electron chi connectivity index (χ2n) is 4.46. The Kier molecular flexibility index (Phi) is 4.66. The third-order valence-corrected chi connectivity index (χ3v) is 2.97. The van der Waals surface area contributed by atoms with Crippen LogP contribution in [0.15, 0.2) is 61.2 Å². The summed E-state index contributed by atoms with van der Waals surface area (Å²) >= 11 is 0. The Bertz CT molecular complexity index is 608. The van der Waals surface area contributed by atoms with Crippen molar-refractivity contribution >= 4 is 5.91 Å². The number of carbonyl (C=O) groups is 1. The zero-order valence-electron chi connectivity index (χ0n) is 11.1. The minimum atomic E-state index is -0.346. The average Bonchev–Trinajstić information content (AvgIpc) is 2.46. The van der Waals surface area contributed by atoms with Gasteiger partial charge in [0.2, 0.25) is 0 Å². The van der Waals surface area contributed by atoms with Gasteiger partial charge in [0.15, 0.2) is 0 Å². The topological polar surface area (TPSA) is 29.1 Å². The first-order valence-electron chi connectivity index (χ1n) is 6.42. The molecule has 0 atom stereocenters. The number of hydrogen-bond acceptors (Lipinski definition) is 1. The van der Waals surface area contributed by atoms with E-state index in [1.807, 2.05) is 30.3 Å². The van der Waals surface area contributed by atoms with E-state index in [1.54, 1.807) is 6.08 Å². The Morgan fingerprint density at radius 1 is 1.20 bits per heavy atom. The number of hydrogen-bond donors (Lipinski definition) is 1. The molecule has 0 aliphatic heterocycles. The first kappa shape index (κ1) is 14.0. The van der Waals surface area contributed by atoms with E-state index in [-0.39, 0.29) is 11.7 Å². The normalized spacial score (nSPS) is 10.1. The Morgan fingerprint density at radius 2 is 1.95 bits per heavy atom. The van der Waals surface area contributed by atoms with Gasteiger partial charge < -0.3 is 5.32 Å². The van der Waals surface area contributed by atoms with Gasteiger partial charge in [-0.15, -0.1) is 6.58 Å². The van der Waals surface area contributed by atoms with E-state index in [2.05, 4.69) is 11.9 Å². The first-order chi connectivity index (χ1) is 9.70. The zero-order chi connectivity index (χ0) is 14.4. The number of halogens is 1. The van der Waals surface area contributed by atoms with Gasteiger partial charge in [-0.2, -0.15) is 0 Å². The van der Waals surface area contributed by atoms with Gasteiger partial charge >= 0.3 is 0 Å². The van der Waals surface area contributed by atoms with E-state index in [1.165, 1.54) is 18.2 Å². The van der Waals surface area contributed by atoms with Gasteiger partial charge in [-0.05, 0) is 35.7 Å². The molecule has 2 rings (SSSR count). The second-order valence-corrected chi connectivity index (χ2v) is 4.46. The van der Waals surface area contributed by atoms with Crippen LogP contribution < -0.4 is 5.32 Å². The summed E-state index contributed by atoms with van der Waals surface area (Å²) in [6.45, 7) is 4.07. The van der Waals surface area contributed by atoms with E-state index in [9.17, 15) is 9.18 Å². The lowest BCUT2D eigenvalue weighted by molar-refractivity contribution is 0.0950. The number of nitrogens with one attached hydrogen (secondary N) is 1. The second kappa shape index (κ2) is 6.66. The van der Waals surface area contributed by atoms with Gasteiger partial charge in [-0.25, -0.2) is 4.39 Å². The van der Waals surface area contributed by atoms with Gasteiger partial charge in [0, 0.05) is 12.1 Å². The van der Waals surface area contributed by atoms with Gasteiger partial charge in [0.05, 0.1) is 0 Å². The molecule has 0 aliphatic carbocycles. The van der Waals surface area contributed by atoms with Crippen LogP contribution in [0.25, 0.3) is 0 Å². The number of amides is 1. The molecular weight excluding hydrogens is 253 g/mol. The third-order valence-electron chi connectivity index (χ3n) is 2.97. The van der Waals surface area contributed by atoms with Crippen LogP contribution in [0.2, 0.25) is 0 Å². The predicted octanol–water partition coefficient (Wildman–Crippen LogP) is 3.48. The fraction of sp³-hybridized carbons (Fsp3) is 0.118. The molecule has 0 bridgehead atoms. The quantitative estimate of drug-likeness (QED) is 0.827. The van der Waals surface area contributed by atoms with E-state index >= 15 is 0 Å². The van der Waals surface area contributed by atoms with Crippen LogP contribution in [-0.2, 0) is 13.0 Å². The third kappa shape index (κ3) is 3.54. The molecule has 2 nitrogen and oxygen atoms in total. The maximum atomic E-state index is 13.2. The Labute approximate surface area is 118 Å². The van der Waals surface area contributed by atoms with Crippen molar-refractivity contribution in [3.63, 3.8) is 0 Å². The zero-order valence-corrected chi connectivity index (χ0v) is 11.1. The highest BCUT2D eigenvalue weighted by Gasteiger charge is 2.11. The van der Waals surface area contributed by atoms with Crippen LogP contribution in [-0.4, -0.2) is 5.91 Å². The van der Waals surface area contributed by atoms with Gasteiger partial charge in [0.25, 0.3) is 5.91 Å². The maximum Gasteiger partial charge on any atom is 0.251 e. The predicted molar refractivity (Wildman–Crippen MR) is 77.9 cm³/mol. The molecule has 1 amide bonds. The average molecular weight is 269 g/mol. The summed E-state index contributed by atoms with van der Waals surface area (Å²) < 4.78 is 13.2. The number of benzene rings is 2. The van der Waals surface area contributed by atoms with Crippen LogP contribution >= 0.6 is 0 Å². The summed E-state index contributed by atoms with van der Waals surface area (Å²) in [4.78, 5) is 12.2. The molecule has 0 saturated carbocycles. The molecule has 0 fully saturated rings. The van der Waals surface area contributed by atoms with Gasteiger partial charge in [0.1, 0.15) is 5.82 Å². The lowest BCUT2D eigenvalue weighted by Crippen LogP contribution is -2.24. The first-order valence-corrected chi connectivity index (χ1v) is 6.42. The van der Waals surface area contributed by atoms with Crippen molar-refractivity contribution in [1.29, 1.82) is 0 Å². The number of rotatable bonds is 5. The standard InChI is InChI=1S/C17H16FNO/c1-2-6-14-11-15(18)9-10-16(14)17(20)19-12-13-7-4-3-5-8-13/h2-5,7-11H,1,6,12H2,(H,19,20). The van der Waals surface area contributed by atoms with Crippen LogP contribution in [0, 0.1) is 5.82 Å². The summed E-state index contributed by atoms with van der Waals surface area (Å²) in [5.41, 5.74) is 2.15. The molecule has 0 heterocycles. The summed E-state index contributed by atoms with van der Waals surface area (Å²) in [7, 11) is 0. The smallest absolute Gasteiger partial charge is 0.251 e. The molecule has 2 aromatic rings. The van der Waals surface area contributed by atoms with Crippen molar-refractivity contribution < 1.29 is 9.18 Å². The highest BCUT2D eigenvalue weighted by Crippen LogP contribution is 2.13. The Morgan fingerprint density at radius 3 is 2.65 bits per heavy atom. The van der Waals surface area contributed by atoms with Crippen molar-refractivity contribution in [3.8, 4) is 0 Å². The molecular formula is C17H16FNO. The summed E-state index contributed by atoms with van der Waals surface area (Å²) in [5, 5.41) is 2.84. The molecule has 3 heteroatoms. The number of allylic oxidation sites excluding steroid dienone is 1.